The van der Waals surface area contributed by atoms with E-state index in [0.29, 0.717) is 11.1 Å². The number of nitrogens with zero attached hydrogens (tertiary/aromatic N) is 2. The molecule has 1 aromatic heterocycles. The first-order valence-corrected chi connectivity index (χ1v) is 7.50. The van der Waals surface area contributed by atoms with Gasteiger partial charge in [-0.3, -0.25) is 10.1 Å². The SMILES string of the molecule is O=[N+]([O-])c1cccnc1NCC1CSCCS1. The van der Waals surface area contributed by atoms with Crippen molar-refractivity contribution in [1.29, 1.82) is 0 Å². The molecule has 1 saturated heterocycles. The number of aromatic nitrogens is 1. The van der Waals surface area contributed by atoms with E-state index in [-0.39, 0.29) is 5.69 Å². The van der Waals surface area contributed by atoms with E-state index in [2.05, 4.69) is 10.3 Å². The van der Waals surface area contributed by atoms with Gasteiger partial charge in [-0.05, 0) is 6.07 Å². The zero-order valence-electron chi connectivity index (χ0n) is 9.17. The van der Waals surface area contributed by atoms with Crippen molar-refractivity contribution in [1.82, 2.24) is 4.98 Å². The highest BCUT2D eigenvalue weighted by atomic mass is 32.2. The van der Waals surface area contributed by atoms with Crippen LogP contribution in [-0.4, -0.2) is 39.0 Å². The normalized spacial score (nSPS) is 19.9. The molecule has 0 aliphatic carbocycles. The maximum absolute atomic E-state index is 10.8. The summed E-state index contributed by atoms with van der Waals surface area (Å²) in [6.07, 6.45) is 1.57. The van der Waals surface area contributed by atoms with Crippen molar-refractivity contribution < 1.29 is 4.92 Å². The Kier molecular flexibility index (Phi) is 4.49. The maximum atomic E-state index is 10.8. The van der Waals surface area contributed by atoms with Crippen molar-refractivity contribution >= 4 is 35.0 Å². The van der Waals surface area contributed by atoms with Gasteiger partial charge in [0.05, 0.1) is 4.92 Å². The standard InChI is InChI=1S/C10H13N3O2S2/c14-13(15)9-2-1-3-11-10(9)12-6-8-7-16-4-5-17-8/h1-3,8H,4-7H2,(H,11,12). The second kappa shape index (κ2) is 6.11. The molecular weight excluding hydrogens is 258 g/mol. The van der Waals surface area contributed by atoms with E-state index in [1.54, 1.807) is 12.3 Å². The Balaban J connectivity index is 1.96. The maximum Gasteiger partial charge on any atom is 0.311 e. The molecule has 0 radical (unpaired) electrons. The summed E-state index contributed by atoms with van der Waals surface area (Å²) in [7, 11) is 0. The number of pyridine rings is 1. The van der Waals surface area contributed by atoms with Crippen LogP contribution in [0.15, 0.2) is 18.3 Å². The van der Waals surface area contributed by atoms with E-state index in [1.165, 1.54) is 11.8 Å². The van der Waals surface area contributed by atoms with Gasteiger partial charge in [-0.25, -0.2) is 4.98 Å². The molecule has 0 amide bonds. The molecule has 1 unspecified atom stereocenters. The van der Waals surface area contributed by atoms with Crippen LogP contribution < -0.4 is 5.32 Å². The first-order chi connectivity index (χ1) is 8.27. The van der Waals surface area contributed by atoms with Gasteiger partial charge < -0.3 is 5.32 Å². The van der Waals surface area contributed by atoms with Gasteiger partial charge in [0, 0.05) is 41.3 Å². The third-order valence-electron chi connectivity index (χ3n) is 2.37. The highest BCUT2D eigenvalue weighted by Gasteiger charge is 2.17. The Hall–Kier alpha value is -0.950. The van der Waals surface area contributed by atoms with Crippen LogP contribution in [0.25, 0.3) is 0 Å². The first kappa shape index (κ1) is 12.5. The van der Waals surface area contributed by atoms with Crippen LogP contribution >= 0.6 is 23.5 Å². The molecule has 92 valence electrons. The molecule has 1 fully saturated rings. The van der Waals surface area contributed by atoms with Crippen LogP contribution in [0.4, 0.5) is 11.5 Å². The van der Waals surface area contributed by atoms with Crippen molar-refractivity contribution in [3.8, 4) is 0 Å². The van der Waals surface area contributed by atoms with Crippen molar-refractivity contribution in [3.05, 3.63) is 28.4 Å². The van der Waals surface area contributed by atoms with E-state index in [0.717, 1.165) is 18.1 Å². The van der Waals surface area contributed by atoms with Gasteiger partial charge in [0.2, 0.25) is 5.82 Å². The predicted molar refractivity (Wildman–Crippen MR) is 73.0 cm³/mol. The zero-order valence-corrected chi connectivity index (χ0v) is 10.8. The molecule has 0 aromatic carbocycles. The predicted octanol–water partition coefficient (Wildman–Crippen LogP) is 2.25. The Morgan fingerprint density at radius 1 is 1.59 bits per heavy atom. The third kappa shape index (κ3) is 3.50. The lowest BCUT2D eigenvalue weighted by Gasteiger charge is -2.21. The number of hydrogen-bond donors (Lipinski definition) is 1. The Morgan fingerprint density at radius 3 is 3.18 bits per heavy atom. The number of nitrogens with one attached hydrogen (secondary N) is 1. The molecule has 1 aliphatic rings. The van der Waals surface area contributed by atoms with Crippen LogP contribution in [0.3, 0.4) is 0 Å². The molecule has 2 rings (SSSR count). The van der Waals surface area contributed by atoms with Gasteiger partial charge in [-0.15, -0.1) is 0 Å². The number of rotatable bonds is 4. The smallest absolute Gasteiger partial charge is 0.311 e. The first-order valence-electron chi connectivity index (χ1n) is 5.30. The molecule has 7 heteroatoms. The molecular formula is C10H13N3O2S2. The van der Waals surface area contributed by atoms with Crippen LogP contribution in [0.1, 0.15) is 0 Å². The van der Waals surface area contributed by atoms with Crippen LogP contribution in [0.5, 0.6) is 0 Å². The van der Waals surface area contributed by atoms with Gasteiger partial charge in [0.1, 0.15) is 0 Å². The lowest BCUT2D eigenvalue weighted by atomic mass is 10.3. The molecule has 1 aliphatic heterocycles. The summed E-state index contributed by atoms with van der Waals surface area (Å²) in [6, 6.07) is 3.05. The number of anilines is 1. The summed E-state index contributed by atoms with van der Waals surface area (Å²) in [5, 5.41) is 14.4. The van der Waals surface area contributed by atoms with Crippen LogP contribution in [-0.2, 0) is 0 Å². The molecule has 17 heavy (non-hydrogen) atoms. The fourth-order valence-corrected chi connectivity index (χ4v) is 4.16. The van der Waals surface area contributed by atoms with E-state index >= 15 is 0 Å². The van der Waals surface area contributed by atoms with E-state index in [1.807, 2.05) is 23.5 Å². The summed E-state index contributed by atoms with van der Waals surface area (Å²) in [4.78, 5) is 14.4. The van der Waals surface area contributed by atoms with Crippen molar-refractivity contribution in [2.75, 3.05) is 29.1 Å². The van der Waals surface area contributed by atoms with Gasteiger partial charge in [0.25, 0.3) is 0 Å². The molecule has 5 nitrogen and oxygen atoms in total. The highest BCUT2D eigenvalue weighted by Crippen LogP contribution is 2.25. The molecule has 0 saturated carbocycles. The van der Waals surface area contributed by atoms with E-state index in [9.17, 15) is 10.1 Å². The molecule has 0 bridgehead atoms. The van der Waals surface area contributed by atoms with Crippen LogP contribution in [0, 0.1) is 10.1 Å². The van der Waals surface area contributed by atoms with Gasteiger partial charge in [-0.2, -0.15) is 23.5 Å². The molecule has 0 spiro atoms. The average Bonchev–Trinajstić information content (AvgIpc) is 2.38. The summed E-state index contributed by atoms with van der Waals surface area (Å²) in [5.74, 6) is 3.82. The summed E-state index contributed by atoms with van der Waals surface area (Å²) < 4.78 is 0. The lowest BCUT2D eigenvalue weighted by molar-refractivity contribution is -0.384. The van der Waals surface area contributed by atoms with Gasteiger partial charge in [0.15, 0.2) is 0 Å². The topological polar surface area (TPSA) is 68.1 Å². The summed E-state index contributed by atoms with van der Waals surface area (Å²) in [6.45, 7) is 0.732. The Bertz CT molecular complexity index is 397. The van der Waals surface area contributed by atoms with Gasteiger partial charge in [-0.1, -0.05) is 0 Å². The van der Waals surface area contributed by atoms with Gasteiger partial charge >= 0.3 is 5.69 Å². The highest BCUT2D eigenvalue weighted by molar-refractivity contribution is 8.06. The van der Waals surface area contributed by atoms with Crippen LogP contribution in [0.2, 0.25) is 0 Å². The van der Waals surface area contributed by atoms with Crippen molar-refractivity contribution in [2.45, 2.75) is 5.25 Å². The monoisotopic (exact) mass is 271 g/mol. The van der Waals surface area contributed by atoms with Crippen molar-refractivity contribution in [2.24, 2.45) is 0 Å². The van der Waals surface area contributed by atoms with E-state index in [4.69, 9.17) is 0 Å². The van der Waals surface area contributed by atoms with Crippen molar-refractivity contribution in [3.63, 3.8) is 0 Å². The number of hydrogen-bond acceptors (Lipinski definition) is 6. The third-order valence-corrected chi connectivity index (χ3v) is 5.21. The van der Waals surface area contributed by atoms with E-state index < -0.39 is 4.92 Å². The minimum absolute atomic E-state index is 0.0426. The molecule has 1 atom stereocenters. The zero-order chi connectivity index (χ0) is 12.1. The minimum atomic E-state index is -0.405. The average molecular weight is 271 g/mol. The second-order valence-corrected chi connectivity index (χ2v) is 6.13. The number of nitro groups is 1. The molecule has 1 aromatic rings. The minimum Gasteiger partial charge on any atom is -0.363 e. The second-order valence-electron chi connectivity index (χ2n) is 3.58. The lowest BCUT2D eigenvalue weighted by Crippen LogP contribution is -2.23. The summed E-state index contributed by atoms with van der Waals surface area (Å²) >= 11 is 3.85. The quantitative estimate of drug-likeness (QED) is 0.669. The Morgan fingerprint density at radius 2 is 2.47 bits per heavy atom. The molecule has 2 heterocycles. The Labute approximate surface area is 108 Å². The number of thioether (sulfide) groups is 2. The fraction of sp³-hybridized carbons (Fsp3) is 0.500. The molecule has 1 N–H and O–H groups in total. The fourth-order valence-electron chi connectivity index (χ4n) is 1.55. The summed E-state index contributed by atoms with van der Waals surface area (Å²) in [5.41, 5.74) is 0.0426. The largest absolute Gasteiger partial charge is 0.363 e.